The lowest BCUT2D eigenvalue weighted by atomic mass is 9.87. The maximum atomic E-state index is 12.4. The Morgan fingerprint density at radius 2 is 1.43 bits per heavy atom. The molecule has 0 radical (unpaired) electrons. The van der Waals surface area contributed by atoms with Gasteiger partial charge in [0.1, 0.15) is 0 Å². The zero-order valence-electron chi connectivity index (χ0n) is 12.5. The van der Waals surface area contributed by atoms with Crippen molar-refractivity contribution in [2.75, 3.05) is 13.2 Å². The van der Waals surface area contributed by atoms with Crippen molar-refractivity contribution in [2.24, 2.45) is 11.8 Å². The normalized spacial score (nSPS) is 11.8. The Balaban J connectivity index is 2.99. The third-order valence-electron chi connectivity index (χ3n) is 3.05. The highest BCUT2D eigenvalue weighted by molar-refractivity contribution is 6.05. The number of carbonyl (C=O) groups excluding carboxylic acids is 3. The summed E-state index contributed by atoms with van der Waals surface area (Å²) in [6.07, 6.45) is 0. The first-order valence-corrected chi connectivity index (χ1v) is 6.95. The standard InChI is InChI=1S/C16H20O5/c1-4-20-15(18)13(16(19)21-5-2)11(3)14(17)12-9-7-6-8-10-12/h6-11,13H,4-5H2,1-3H3/t11-/m0/s1. The van der Waals surface area contributed by atoms with E-state index in [0.717, 1.165) is 0 Å². The molecule has 1 atom stereocenters. The monoisotopic (exact) mass is 292 g/mol. The van der Waals surface area contributed by atoms with E-state index in [9.17, 15) is 14.4 Å². The van der Waals surface area contributed by atoms with E-state index >= 15 is 0 Å². The van der Waals surface area contributed by atoms with Gasteiger partial charge in [0, 0.05) is 11.5 Å². The second-order valence-electron chi connectivity index (χ2n) is 4.50. The Hall–Kier alpha value is -2.17. The van der Waals surface area contributed by atoms with Crippen LogP contribution in [0.4, 0.5) is 0 Å². The number of carbonyl (C=O) groups is 3. The maximum Gasteiger partial charge on any atom is 0.321 e. The van der Waals surface area contributed by atoms with Gasteiger partial charge in [0.25, 0.3) is 0 Å². The summed E-state index contributed by atoms with van der Waals surface area (Å²) in [5, 5.41) is 0. The number of benzene rings is 1. The molecule has 0 spiro atoms. The summed E-state index contributed by atoms with van der Waals surface area (Å²) in [4.78, 5) is 36.3. The highest BCUT2D eigenvalue weighted by Crippen LogP contribution is 2.21. The van der Waals surface area contributed by atoms with Gasteiger partial charge < -0.3 is 9.47 Å². The topological polar surface area (TPSA) is 69.7 Å². The SMILES string of the molecule is CCOC(=O)C(C(=O)OCC)[C@H](C)C(=O)c1ccccc1. The molecule has 0 saturated heterocycles. The molecule has 114 valence electrons. The molecule has 5 nitrogen and oxygen atoms in total. The average Bonchev–Trinajstić information content (AvgIpc) is 2.48. The van der Waals surface area contributed by atoms with Gasteiger partial charge in [-0.25, -0.2) is 0 Å². The fourth-order valence-electron chi connectivity index (χ4n) is 1.99. The second kappa shape index (κ2) is 8.19. The summed E-state index contributed by atoms with van der Waals surface area (Å²) >= 11 is 0. The molecule has 0 heterocycles. The largest absolute Gasteiger partial charge is 0.465 e. The van der Waals surface area contributed by atoms with Crippen LogP contribution in [0.15, 0.2) is 30.3 Å². The van der Waals surface area contributed by atoms with Crippen molar-refractivity contribution in [3.63, 3.8) is 0 Å². The third kappa shape index (κ3) is 4.41. The van der Waals surface area contributed by atoms with Crippen LogP contribution >= 0.6 is 0 Å². The molecular formula is C16H20O5. The van der Waals surface area contributed by atoms with Crippen LogP contribution in [-0.2, 0) is 19.1 Å². The molecule has 0 amide bonds. The van der Waals surface area contributed by atoms with Crippen molar-refractivity contribution >= 4 is 17.7 Å². The summed E-state index contributed by atoms with van der Waals surface area (Å²) in [5.74, 6) is -3.83. The van der Waals surface area contributed by atoms with E-state index in [1.807, 2.05) is 0 Å². The summed E-state index contributed by atoms with van der Waals surface area (Å²) in [7, 11) is 0. The summed E-state index contributed by atoms with van der Waals surface area (Å²) in [5.41, 5.74) is 0.448. The Bertz CT molecular complexity index is 477. The first-order chi connectivity index (χ1) is 10.0. The third-order valence-corrected chi connectivity index (χ3v) is 3.05. The van der Waals surface area contributed by atoms with Crippen LogP contribution in [0, 0.1) is 11.8 Å². The van der Waals surface area contributed by atoms with E-state index in [1.165, 1.54) is 6.92 Å². The zero-order valence-corrected chi connectivity index (χ0v) is 12.5. The van der Waals surface area contributed by atoms with Crippen LogP contribution in [0.1, 0.15) is 31.1 Å². The Morgan fingerprint density at radius 3 is 1.86 bits per heavy atom. The Kier molecular flexibility index (Phi) is 6.59. The van der Waals surface area contributed by atoms with Crippen LogP contribution in [0.25, 0.3) is 0 Å². The van der Waals surface area contributed by atoms with Crippen LogP contribution < -0.4 is 0 Å². The predicted molar refractivity (Wildman–Crippen MR) is 76.7 cm³/mol. The predicted octanol–water partition coefficient (Wildman–Crippen LogP) is 2.25. The van der Waals surface area contributed by atoms with Crippen molar-refractivity contribution in [1.82, 2.24) is 0 Å². The molecule has 5 heteroatoms. The van der Waals surface area contributed by atoms with Crippen molar-refractivity contribution in [2.45, 2.75) is 20.8 Å². The number of hydrogen-bond donors (Lipinski definition) is 0. The van der Waals surface area contributed by atoms with Crippen LogP contribution in [0.2, 0.25) is 0 Å². The molecule has 21 heavy (non-hydrogen) atoms. The van der Waals surface area contributed by atoms with E-state index in [-0.39, 0.29) is 19.0 Å². The summed E-state index contributed by atoms with van der Waals surface area (Å²) < 4.78 is 9.77. The number of esters is 2. The van der Waals surface area contributed by atoms with Gasteiger partial charge >= 0.3 is 11.9 Å². The minimum absolute atomic E-state index is 0.140. The van der Waals surface area contributed by atoms with Gasteiger partial charge in [-0.05, 0) is 13.8 Å². The van der Waals surface area contributed by atoms with Gasteiger partial charge in [-0.2, -0.15) is 0 Å². The highest BCUT2D eigenvalue weighted by Gasteiger charge is 2.38. The molecule has 0 aliphatic heterocycles. The molecule has 0 N–H and O–H groups in total. The number of ketones is 1. The zero-order chi connectivity index (χ0) is 15.8. The molecule has 0 bridgehead atoms. The molecular weight excluding hydrogens is 272 g/mol. The lowest BCUT2D eigenvalue weighted by Crippen LogP contribution is -2.37. The van der Waals surface area contributed by atoms with Gasteiger partial charge in [0.05, 0.1) is 13.2 Å². The molecule has 0 unspecified atom stereocenters. The van der Waals surface area contributed by atoms with Gasteiger partial charge in [-0.3, -0.25) is 14.4 Å². The van der Waals surface area contributed by atoms with E-state index in [4.69, 9.17) is 9.47 Å². The first kappa shape index (κ1) is 16.9. The van der Waals surface area contributed by atoms with Gasteiger partial charge in [0.15, 0.2) is 11.7 Å². The second-order valence-corrected chi connectivity index (χ2v) is 4.50. The minimum Gasteiger partial charge on any atom is -0.465 e. The first-order valence-electron chi connectivity index (χ1n) is 6.95. The van der Waals surface area contributed by atoms with Crippen molar-refractivity contribution in [3.05, 3.63) is 35.9 Å². The average molecular weight is 292 g/mol. The number of hydrogen-bond acceptors (Lipinski definition) is 5. The molecule has 1 aromatic rings. The van der Waals surface area contributed by atoms with Gasteiger partial charge in [-0.15, -0.1) is 0 Å². The number of rotatable bonds is 7. The van der Waals surface area contributed by atoms with Crippen molar-refractivity contribution < 1.29 is 23.9 Å². The summed E-state index contributed by atoms with van der Waals surface area (Å²) in [6.45, 7) is 5.10. The highest BCUT2D eigenvalue weighted by atomic mass is 16.6. The minimum atomic E-state index is -1.24. The number of Topliss-reactive ketones (excluding diaryl/α,β-unsaturated/α-hetero) is 1. The van der Waals surface area contributed by atoms with Crippen LogP contribution in [0.5, 0.6) is 0 Å². The smallest absolute Gasteiger partial charge is 0.321 e. The molecule has 0 aliphatic rings. The van der Waals surface area contributed by atoms with Crippen LogP contribution in [0.3, 0.4) is 0 Å². The number of ether oxygens (including phenoxy) is 2. The molecule has 0 saturated carbocycles. The lowest BCUT2D eigenvalue weighted by Gasteiger charge is -2.19. The van der Waals surface area contributed by atoms with Crippen LogP contribution in [-0.4, -0.2) is 30.9 Å². The lowest BCUT2D eigenvalue weighted by molar-refractivity contribution is -0.163. The van der Waals surface area contributed by atoms with Gasteiger partial charge in [0.2, 0.25) is 0 Å². The molecule has 0 aliphatic carbocycles. The Labute approximate surface area is 124 Å². The molecule has 1 aromatic carbocycles. The summed E-state index contributed by atoms with van der Waals surface area (Å²) in [6, 6.07) is 8.53. The van der Waals surface area contributed by atoms with E-state index in [1.54, 1.807) is 44.2 Å². The quantitative estimate of drug-likeness (QED) is 0.438. The molecule has 0 aromatic heterocycles. The van der Waals surface area contributed by atoms with E-state index in [0.29, 0.717) is 5.56 Å². The van der Waals surface area contributed by atoms with E-state index < -0.39 is 23.8 Å². The fraction of sp³-hybridized carbons (Fsp3) is 0.438. The van der Waals surface area contributed by atoms with Gasteiger partial charge in [-0.1, -0.05) is 37.3 Å². The molecule has 1 rings (SSSR count). The Morgan fingerprint density at radius 1 is 0.952 bits per heavy atom. The maximum absolute atomic E-state index is 12.4. The van der Waals surface area contributed by atoms with Crippen molar-refractivity contribution in [1.29, 1.82) is 0 Å². The fourth-order valence-corrected chi connectivity index (χ4v) is 1.99. The van der Waals surface area contributed by atoms with E-state index in [2.05, 4.69) is 0 Å². The van der Waals surface area contributed by atoms with Crippen molar-refractivity contribution in [3.8, 4) is 0 Å². The molecule has 0 fully saturated rings.